The first-order valence-electron chi connectivity index (χ1n) is 5.43. The van der Waals surface area contributed by atoms with Gasteiger partial charge in [0.2, 0.25) is 5.91 Å². The molecule has 1 amide bonds. The number of aliphatic hydroxyl groups is 1. The fourth-order valence-electron chi connectivity index (χ4n) is 1.73. The Hall–Kier alpha value is -1.18. The summed E-state index contributed by atoms with van der Waals surface area (Å²) in [6.45, 7) is 1.88. The number of carboxylic acid groups (broad SMARTS) is 1. The van der Waals surface area contributed by atoms with Gasteiger partial charge in [0.25, 0.3) is 0 Å². The second-order valence-electron chi connectivity index (χ2n) is 4.12. The number of methoxy groups -OCH3 is 1. The molecule has 0 radical (unpaired) electrons. The molecule has 7 heteroatoms. The predicted octanol–water partition coefficient (Wildman–Crippen LogP) is -1.69. The first-order chi connectivity index (χ1) is 7.95. The Balaban J connectivity index is 2.51. The van der Waals surface area contributed by atoms with E-state index in [1.54, 1.807) is 7.11 Å². The number of carbonyl (C=O) groups is 2. The zero-order chi connectivity index (χ0) is 13.0. The molecule has 0 bridgehead atoms. The van der Waals surface area contributed by atoms with Crippen LogP contribution in [0.15, 0.2) is 0 Å². The van der Waals surface area contributed by atoms with Crippen molar-refractivity contribution in [1.29, 1.82) is 0 Å². The first kappa shape index (κ1) is 13.9. The van der Waals surface area contributed by atoms with Gasteiger partial charge in [0.1, 0.15) is 0 Å². The van der Waals surface area contributed by atoms with Gasteiger partial charge in [-0.15, -0.1) is 0 Å². The van der Waals surface area contributed by atoms with Crippen LogP contribution in [0.4, 0.5) is 0 Å². The highest BCUT2D eigenvalue weighted by Gasteiger charge is 2.33. The van der Waals surface area contributed by atoms with Gasteiger partial charge in [0.05, 0.1) is 18.2 Å². The summed E-state index contributed by atoms with van der Waals surface area (Å²) in [4.78, 5) is 22.5. The lowest BCUT2D eigenvalue weighted by molar-refractivity contribution is -0.145. The molecule has 1 saturated heterocycles. The molecule has 1 rings (SSSR count). The number of carbonyl (C=O) groups excluding carboxylic acids is 1. The maximum Gasteiger partial charge on any atom is 0.328 e. The average Bonchev–Trinajstić information content (AvgIpc) is 2.73. The third-order valence-electron chi connectivity index (χ3n) is 2.79. The summed E-state index contributed by atoms with van der Waals surface area (Å²) in [7, 11) is 1.56. The Bertz CT molecular complexity index is 294. The topological polar surface area (TPSA) is 108 Å². The van der Waals surface area contributed by atoms with E-state index in [9.17, 15) is 14.7 Å². The molecule has 98 valence electrons. The maximum atomic E-state index is 11.7. The summed E-state index contributed by atoms with van der Waals surface area (Å²) in [6, 6.07) is -1.76. The van der Waals surface area contributed by atoms with Gasteiger partial charge in [-0.3, -0.25) is 4.79 Å². The van der Waals surface area contributed by atoms with Gasteiger partial charge < -0.3 is 25.6 Å². The summed E-state index contributed by atoms with van der Waals surface area (Å²) in [5.41, 5.74) is 0. The SMILES string of the molecule is COC1CNC(C(=O)N[C@H](C(=O)O)[C@@H](C)O)C1. The monoisotopic (exact) mass is 246 g/mol. The summed E-state index contributed by atoms with van der Waals surface area (Å²) < 4.78 is 5.08. The largest absolute Gasteiger partial charge is 0.480 e. The highest BCUT2D eigenvalue weighted by atomic mass is 16.5. The molecule has 17 heavy (non-hydrogen) atoms. The lowest BCUT2D eigenvalue weighted by atomic mass is 10.1. The number of ether oxygens (including phenoxy) is 1. The van der Waals surface area contributed by atoms with Gasteiger partial charge in [0, 0.05) is 13.7 Å². The molecule has 0 aliphatic carbocycles. The first-order valence-corrected chi connectivity index (χ1v) is 5.43. The smallest absolute Gasteiger partial charge is 0.328 e. The highest BCUT2D eigenvalue weighted by Crippen LogP contribution is 2.10. The van der Waals surface area contributed by atoms with Crippen molar-refractivity contribution in [2.45, 2.75) is 37.6 Å². The fraction of sp³-hybridized carbons (Fsp3) is 0.800. The summed E-state index contributed by atoms with van der Waals surface area (Å²) >= 11 is 0. The van der Waals surface area contributed by atoms with E-state index in [0.29, 0.717) is 13.0 Å². The van der Waals surface area contributed by atoms with Crippen LogP contribution in [-0.2, 0) is 14.3 Å². The Morgan fingerprint density at radius 1 is 1.53 bits per heavy atom. The number of hydrogen-bond donors (Lipinski definition) is 4. The van der Waals surface area contributed by atoms with Crippen molar-refractivity contribution in [3.63, 3.8) is 0 Å². The van der Waals surface area contributed by atoms with E-state index >= 15 is 0 Å². The van der Waals surface area contributed by atoms with Gasteiger partial charge in [-0.1, -0.05) is 0 Å². The summed E-state index contributed by atoms with van der Waals surface area (Å²) in [6.07, 6.45) is -0.689. The lowest BCUT2D eigenvalue weighted by Gasteiger charge is -2.19. The third-order valence-corrected chi connectivity index (χ3v) is 2.79. The number of hydrogen-bond acceptors (Lipinski definition) is 5. The Morgan fingerprint density at radius 2 is 2.18 bits per heavy atom. The van der Waals surface area contributed by atoms with E-state index in [-0.39, 0.29) is 6.10 Å². The fourth-order valence-corrected chi connectivity index (χ4v) is 1.73. The van der Waals surface area contributed by atoms with E-state index < -0.39 is 30.1 Å². The highest BCUT2D eigenvalue weighted by molar-refractivity contribution is 5.87. The minimum Gasteiger partial charge on any atom is -0.480 e. The number of rotatable bonds is 5. The maximum absolute atomic E-state index is 11.7. The van der Waals surface area contributed by atoms with Crippen molar-refractivity contribution < 1.29 is 24.5 Å². The van der Waals surface area contributed by atoms with Crippen LogP contribution < -0.4 is 10.6 Å². The van der Waals surface area contributed by atoms with E-state index in [4.69, 9.17) is 9.84 Å². The van der Waals surface area contributed by atoms with E-state index in [2.05, 4.69) is 10.6 Å². The van der Waals surface area contributed by atoms with Crippen molar-refractivity contribution in [3.8, 4) is 0 Å². The number of aliphatic carboxylic acids is 1. The molecular formula is C10H18N2O5. The van der Waals surface area contributed by atoms with Crippen LogP contribution in [0.1, 0.15) is 13.3 Å². The average molecular weight is 246 g/mol. The molecule has 4 N–H and O–H groups in total. The summed E-state index contributed by atoms with van der Waals surface area (Å²) in [5, 5.41) is 23.3. The van der Waals surface area contributed by atoms with Crippen LogP contribution in [0.25, 0.3) is 0 Å². The van der Waals surface area contributed by atoms with Crippen molar-refractivity contribution in [3.05, 3.63) is 0 Å². The molecule has 1 aliphatic heterocycles. The second-order valence-corrected chi connectivity index (χ2v) is 4.12. The number of nitrogens with one attached hydrogen (secondary N) is 2. The van der Waals surface area contributed by atoms with Gasteiger partial charge in [-0.2, -0.15) is 0 Å². The van der Waals surface area contributed by atoms with Crippen molar-refractivity contribution in [2.75, 3.05) is 13.7 Å². The Morgan fingerprint density at radius 3 is 2.59 bits per heavy atom. The Kier molecular flexibility index (Phi) is 4.86. The molecule has 1 heterocycles. The number of amides is 1. The third kappa shape index (κ3) is 3.65. The Labute approximate surface area is 99.1 Å². The van der Waals surface area contributed by atoms with Crippen molar-refractivity contribution >= 4 is 11.9 Å². The molecule has 0 aromatic carbocycles. The van der Waals surface area contributed by atoms with E-state index in [1.807, 2.05) is 0 Å². The predicted molar refractivity (Wildman–Crippen MR) is 58.5 cm³/mol. The molecule has 4 atom stereocenters. The molecule has 1 aliphatic rings. The molecular weight excluding hydrogens is 228 g/mol. The molecule has 1 fully saturated rings. The van der Waals surface area contributed by atoms with Gasteiger partial charge >= 0.3 is 5.97 Å². The van der Waals surface area contributed by atoms with E-state index in [0.717, 1.165) is 0 Å². The quantitative estimate of drug-likeness (QED) is 0.461. The van der Waals surface area contributed by atoms with Gasteiger partial charge in [-0.05, 0) is 13.3 Å². The van der Waals surface area contributed by atoms with Crippen LogP contribution in [0, 0.1) is 0 Å². The molecule has 0 aromatic heterocycles. The minimum atomic E-state index is -1.29. The van der Waals surface area contributed by atoms with Crippen LogP contribution in [0.2, 0.25) is 0 Å². The van der Waals surface area contributed by atoms with Crippen molar-refractivity contribution in [2.24, 2.45) is 0 Å². The number of carboxylic acids is 1. The summed E-state index contributed by atoms with van der Waals surface area (Å²) in [5.74, 6) is -1.69. The normalized spacial score (nSPS) is 27.5. The lowest BCUT2D eigenvalue weighted by Crippen LogP contribution is -2.52. The molecule has 0 aromatic rings. The minimum absolute atomic E-state index is 0.0411. The zero-order valence-corrected chi connectivity index (χ0v) is 9.84. The van der Waals surface area contributed by atoms with Gasteiger partial charge in [0.15, 0.2) is 6.04 Å². The van der Waals surface area contributed by atoms with E-state index in [1.165, 1.54) is 6.92 Å². The van der Waals surface area contributed by atoms with Gasteiger partial charge in [-0.25, -0.2) is 4.79 Å². The van der Waals surface area contributed by atoms with Crippen LogP contribution in [0.3, 0.4) is 0 Å². The standard InChI is InChI=1S/C10H18N2O5/c1-5(13)8(10(15)16)12-9(14)7-3-6(17-2)4-11-7/h5-8,11,13H,3-4H2,1-2H3,(H,12,14)(H,15,16)/t5-,6?,7?,8+/m1/s1. The van der Waals surface area contributed by atoms with Crippen LogP contribution in [0.5, 0.6) is 0 Å². The van der Waals surface area contributed by atoms with Crippen LogP contribution in [-0.4, -0.2) is 60.0 Å². The molecule has 2 unspecified atom stereocenters. The number of aliphatic hydroxyl groups excluding tert-OH is 1. The molecule has 0 saturated carbocycles. The van der Waals surface area contributed by atoms with Crippen molar-refractivity contribution in [1.82, 2.24) is 10.6 Å². The van der Waals surface area contributed by atoms with Crippen LogP contribution >= 0.6 is 0 Å². The molecule has 0 spiro atoms. The second kappa shape index (κ2) is 5.95. The molecule has 7 nitrogen and oxygen atoms in total. The zero-order valence-electron chi connectivity index (χ0n) is 9.84.